The highest BCUT2D eigenvalue weighted by atomic mass is 16.5. The first kappa shape index (κ1) is 45.2. The van der Waals surface area contributed by atoms with Gasteiger partial charge in [-0.3, -0.25) is 4.79 Å². The highest BCUT2D eigenvalue weighted by Crippen LogP contribution is 2.17. The van der Waals surface area contributed by atoms with E-state index < -0.39 is 0 Å². The van der Waals surface area contributed by atoms with Crippen LogP contribution >= 0.6 is 0 Å². The fraction of sp³-hybridized carbons (Fsp3) is 0.932. The lowest BCUT2D eigenvalue weighted by atomic mass is 9.99. The maximum atomic E-state index is 12.0. The van der Waals surface area contributed by atoms with Gasteiger partial charge in [0.1, 0.15) is 0 Å². The van der Waals surface area contributed by atoms with Crippen LogP contribution in [-0.2, 0) is 9.53 Å². The molecule has 0 aliphatic rings. The van der Waals surface area contributed by atoms with E-state index in [-0.39, 0.29) is 5.97 Å². The maximum Gasteiger partial charge on any atom is 0.305 e. The SMILES string of the molecule is CCCCCCCC/C=C\CCCCCCCC(=O)OCCCCCCCCCCCCCCCCCCCCCCC(C)CC. The van der Waals surface area contributed by atoms with Crippen LogP contribution in [0.15, 0.2) is 12.2 Å². The summed E-state index contributed by atoms with van der Waals surface area (Å²) in [6.45, 7) is 7.62. The first-order valence-corrected chi connectivity index (χ1v) is 21.5. The van der Waals surface area contributed by atoms with E-state index in [9.17, 15) is 4.79 Å². The van der Waals surface area contributed by atoms with Crippen molar-refractivity contribution in [3.63, 3.8) is 0 Å². The van der Waals surface area contributed by atoms with Gasteiger partial charge in [0.15, 0.2) is 0 Å². The summed E-state index contributed by atoms with van der Waals surface area (Å²) in [5.41, 5.74) is 0. The zero-order chi connectivity index (χ0) is 33.4. The molecule has 0 aromatic heterocycles. The summed E-state index contributed by atoms with van der Waals surface area (Å²) in [6.07, 6.45) is 53.0. The first-order chi connectivity index (χ1) is 22.7. The van der Waals surface area contributed by atoms with Gasteiger partial charge in [0.2, 0.25) is 0 Å². The molecule has 274 valence electrons. The molecule has 1 atom stereocenters. The van der Waals surface area contributed by atoms with Gasteiger partial charge in [0.25, 0.3) is 0 Å². The van der Waals surface area contributed by atoms with Gasteiger partial charge in [-0.1, -0.05) is 219 Å². The third-order valence-electron chi connectivity index (χ3n) is 10.2. The average Bonchev–Trinajstić information content (AvgIpc) is 3.06. The van der Waals surface area contributed by atoms with Crippen LogP contribution in [-0.4, -0.2) is 12.6 Å². The molecule has 0 fully saturated rings. The predicted molar refractivity (Wildman–Crippen MR) is 207 cm³/mol. The monoisotopic (exact) mass is 647 g/mol. The van der Waals surface area contributed by atoms with Crippen molar-refractivity contribution in [1.82, 2.24) is 0 Å². The molecular weight excluding hydrogens is 560 g/mol. The van der Waals surface area contributed by atoms with Gasteiger partial charge in [0.05, 0.1) is 6.61 Å². The van der Waals surface area contributed by atoms with Crippen molar-refractivity contribution >= 4 is 5.97 Å². The summed E-state index contributed by atoms with van der Waals surface area (Å²) < 4.78 is 5.46. The van der Waals surface area contributed by atoms with E-state index in [1.807, 2.05) is 0 Å². The van der Waals surface area contributed by atoms with Crippen LogP contribution in [0.4, 0.5) is 0 Å². The molecule has 0 saturated heterocycles. The molecule has 46 heavy (non-hydrogen) atoms. The number of rotatable bonds is 39. The molecule has 0 spiro atoms. The molecule has 0 aromatic rings. The molecular formula is C44H86O2. The summed E-state index contributed by atoms with van der Waals surface area (Å²) in [5.74, 6) is 0.954. The van der Waals surface area contributed by atoms with E-state index in [0.29, 0.717) is 13.0 Å². The highest BCUT2D eigenvalue weighted by Gasteiger charge is 2.03. The molecule has 2 heteroatoms. The molecule has 0 heterocycles. The van der Waals surface area contributed by atoms with Crippen molar-refractivity contribution < 1.29 is 9.53 Å². The van der Waals surface area contributed by atoms with Crippen LogP contribution in [0.5, 0.6) is 0 Å². The first-order valence-electron chi connectivity index (χ1n) is 21.5. The van der Waals surface area contributed by atoms with Crippen molar-refractivity contribution in [1.29, 1.82) is 0 Å². The van der Waals surface area contributed by atoms with E-state index in [2.05, 4.69) is 32.9 Å². The molecule has 0 saturated carbocycles. The smallest absolute Gasteiger partial charge is 0.305 e. The normalized spacial score (nSPS) is 12.3. The second-order valence-corrected chi connectivity index (χ2v) is 14.9. The number of ether oxygens (including phenoxy) is 1. The fourth-order valence-electron chi connectivity index (χ4n) is 6.58. The second kappa shape index (κ2) is 40.4. The van der Waals surface area contributed by atoms with E-state index in [1.54, 1.807) is 0 Å². The molecule has 0 N–H and O–H groups in total. The Hall–Kier alpha value is -0.790. The van der Waals surface area contributed by atoms with Crippen LogP contribution < -0.4 is 0 Å². The number of unbranched alkanes of at least 4 members (excludes halogenated alkanes) is 30. The van der Waals surface area contributed by atoms with Crippen LogP contribution in [0, 0.1) is 5.92 Å². The van der Waals surface area contributed by atoms with Gasteiger partial charge < -0.3 is 4.74 Å². The molecule has 1 unspecified atom stereocenters. The third kappa shape index (κ3) is 39.4. The summed E-state index contributed by atoms with van der Waals surface area (Å²) in [7, 11) is 0. The van der Waals surface area contributed by atoms with E-state index in [0.717, 1.165) is 25.2 Å². The summed E-state index contributed by atoms with van der Waals surface area (Å²) in [6, 6.07) is 0. The zero-order valence-electron chi connectivity index (χ0n) is 32.2. The largest absolute Gasteiger partial charge is 0.466 e. The summed E-state index contributed by atoms with van der Waals surface area (Å²) in [5, 5.41) is 0. The van der Waals surface area contributed by atoms with E-state index in [1.165, 1.54) is 205 Å². The Morgan fingerprint density at radius 3 is 1.22 bits per heavy atom. The van der Waals surface area contributed by atoms with E-state index >= 15 is 0 Å². The maximum absolute atomic E-state index is 12.0. The summed E-state index contributed by atoms with van der Waals surface area (Å²) >= 11 is 0. The van der Waals surface area contributed by atoms with Crippen LogP contribution in [0.25, 0.3) is 0 Å². The Morgan fingerprint density at radius 1 is 0.457 bits per heavy atom. The highest BCUT2D eigenvalue weighted by molar-refractivity contribution is 5.69. The molecule has 0 amide bonds. The number of hydrogen-bond donors (Lipinski definition) is 0. The lowest BCUT2D eigenvalue weighted by Gasteiger charge is -2.07. The predicted octanol–water partition coefficient (Wildman–Crippen LogP) is 15.8. The van der Waals surface area contributed by atoms with Crippen molar-refractivity contribution in [2.75, 3.05) is 6.61 Å². The Morgan fingerprint density at radius 2 is 0.804 bits per heavy atom. The molecule has 0 aromatic carbocycles. The minimum absolute atomic E-state index is 0.0196. The average molecular weight is 647 g/mol. The zero-order valence-corrected chi connectivity index (χ0v) is 32.2. The lowest BCUT2D eigenvalue weighted by Crippen LogP contribution is -2.05. The van der Waals surface area contributed by atoms with Crippen molar-refractivity contribution in [2.24, 2.45) is 5.92 Å². The van der Waals surface area contributed by atoms with Gasteiger partial charge in [-0.2, -0.15) is 0 Å². The molecule has 0 aliphatic carbocycles. The fourth-order valence-corrected chi connectivity index (χ4v) is 6.58. The van der Waals surface area contributed by atoms with Crippen molar-refractivity contribution in [2.45, 2.75) is 252 Å². The molecule has 0 bridgehead atoms. The Labute approximate surface area is 291 Å². The quantitative estimate of drug-likeness (QED) is 0.0377. The van der Waals surface area contributed by atoms with Gasteiger partial charge in [-0.05, 0) is 44.4 Å². The lowest BCUT2D eigenvalue weighted by molar-refractivity contribution is -0.143. The Balaban J connectivity index is 3.18. The summed E-state index contributed by atoms with van der Waals surface area (Å²) in [4.78, 5) is 12.0. The van der Waals surface area contributed by atoms with Gasteiger partial charge >= 0.3 is 5.97 Å². The molecule has 0 aliphatic heterocycles. The van der Waals surface area contributed by atoms with Gasteiger partial charge in [-0.15, -0.1) is 0 Å². The minimum atomic E-state index is 0.0196. The number of hydrogen-bond acceptors (Lipinski definition) is 2. The van der Waals surface area contributed by atoms with Gasteiger partial charge in [-0.25, -0.2) is 0 Å². The van der Waals surface area contributed by atoms with Crippen molar-refractivity contribution in [3.8, 4) is 0 Å². The number of carbonyl (C=O) groups is 1. The minimum Gasteiger partial charge on any atom is -0.466 e. The number of carbonyl (C=O) groups excluding carboxylic acids is 1. The number of allylic oxidation sites excluding steroid dienone is 2. The Kier molecular flexibility index (Phi) is 39.7. The van der Waals surface area contributed by atoms with E-state index in [4.69, 9.17) is 4.74 Å². The van der Waals surface area contributed by atoms with Crippen LogP contribution in [0.1, 0.15) is 252 Å². The second-order valence-electron chi connectivity index (χ2n) is 14.9. The standard InChI is InChI=1S/C44H86O2/c1-4-6-7-8-9-10-11-12-19-23-26-29-32-35-38-41-44(45)46-42-39-36-33-30-27-24-21-18-16-14-13-15-17-20-22-25-28-31-34-37-40-43(3)5-2/h12,19,43H,4-11,13-18,20-42H2,1-3H3/b19-12-. The van der Waals surface area contributed by atoms with Gasteiger partial charge in [0, 0.05) is 6.42 Å². The van der Waals surface area contributed by atoms with Crippen molar-refractivity contribution in [3.05, 3.63) is 12.2 Å². The third-order valence-corrected chi connectivity index (χ3v) is 10.2. The van der Waals surface area contributed by atoms with Crippen LogP contribution in [0.3, 0.4) is 0 Å². The number of esters is 1. The topological polar surface area (TPSA) is 26.3 Å². The molecule has 0 radical (unpaired) electrons. The molecule has 0 rings (SSSR count). The van der Waals surface area contributed by atoms with Crippen LogP contribution in [0.2, 0.25) is 0 Å². The molecule has 2 nitrogen and oxygen atoms in total. The Bertz CT molecular complexity index is 597.